The van der Waals surface area contributed by atoms with Crippen LogP contribution in [0, 0.1) is 0 Å². The normalized spacial score (nSPS) is 11.9. The largest absolute Gasteiger partial charge is 0.396 e. The molecule has 0 amide bonds. The van der Waals surface area contributed by atoms with Crippen molar-refractivity contribution in [1.82, 2.24) is 14.7 Å². The highest BCUT2D eigenvalue weighted by Crippen LogP contribution is 2.08. The number of aromatic nitrogens is 2. The van der Waals surface area contributed by atoms with E-state index in [1.165, 1.54) is 10.5 Å². The van der Waals surface area contributed by atoms with Crippen molar-refractivity contribution in [3.8, 4) is 0 Å². The molecule has 0 atom stereocenters. The first-order chi connectivity index (χ1) is 9.02. The highest BCUT2D eigenvalue weighted by Gasteiger charge is 2.16. The number of hydrogen-bond acceptors (Lipinski definition) is 4. The summed E-state index contributed by atoms with van der Waals surface area (Å²) in [5.41, 5.74) is 1.09. The number of pyridine rings is 1. The maximum Gasteiger partial charge on any atom is 0.258 e. The monoisotopic (exact) mass is 261 g/mol. The molecule has 0 aliphatic heterocycles. The van der Waals surface area contributed by atoms with Crippen molar-refractivity contribution in [1.29, 1.82) is 0 Å². The van der Waals surface area contributed by atoms with Gasteiger partial charge in [-0.2, -0.15) is 0 Å². The average Bonchev–Trinajstić information content (AvgIpc) is 2.37. The van der Waals surface area contributed by atoms with Gasteiger partial charge in [-0.15, -0.1) is 0 Å². The zero-order chi connectivity index (χ0) is 13.9. The molecule has 102 valence electrons. The lowest BCUT2D eigenvalue weighted by Crippen LogP contribution is -2.39. The van der Waals surface area contributed by atoms with Gasteiger partial charge in [0.15, 0.2) is 0 Å². The van der Waals surface area contributed by atoms with Gasteiger partial charge in [-0.05, 0) is 32.4 Å². The van der Waals surface area contributed by atoms with E-state index >= 15 is 0 Å². The SMILES string of the molecule is CC(C)(CCO)NCc1cc(=O)n2ccccc2n1. The number of aliphatic hydroxyl groups excluding tert-OH is 1. The molecule has 2 heterocycles. The first-order valence-corrected chi connectivity index (χ1v) is 6.35. The summed E-state index contributed by atoms with van der Waals surface area (Å²) in [6.07, 6.45) is 2.36. The number of nitrogens with one attached hydrogen (secondary N) is 1. The molecule has 0 fully saturated rings. The van der Waals surface area contributed by atoms with E-state index in [2.05, 4.69) is 10.3 Å². The zero-order valence-corrected chi connectivity index (χ0v) is 11.3. The molecule has 0 unspecified atom stereocenters. The summed E-state index contributed by atoms with van der Waals surface area (Å²) in [6, 6.07) is 7.01. The Morgan fingerprint density at radius 3 is 2.95 bits per heavy atom. The molecule has 0 bridgehead atoms. The summed E-state index contributed by atoms with van der Waals surface area (Å²) in [5.74, 6) is 0. The molecule has 0 aliphatic rings. The molecule has 2 rings (SSSR count). The predicted molar refractivity (Wildman–Crippen MR) is 74.1 cm³/mol. The molecule has 0 aliphatic carbocycles. The van der Waals surface area contributed by atoms with Gasteiger partial charge < -0.3 is 10.4 Å². The molecular weight excluding hydrogens is 242 g/mol. The van der Waals surface area contributed by atoms with Crippen LogP contribution < -0.4 is 10.9 Å². The van der Waals surface area contributed by atoms with Crippen LogP contribution in [-0.2, 0) is 6.54 Å². The van der Waals surface area contributed by atoms with Crippen LogP contribution in [-0.4, -0.2) is 26.6 Å². The van der Waals surface area contributed by atoms with Crippen molar-refractivity contribution in [2.45, 2.75) is 32.4 Å². The molecule has 0 aromatic carbocycles. The Labute approximate surface area is 111 Å². The Bertz CT molecular complexity index is 619. The maximum absolute atomic E-state index is 11.9. The van der Waals surface area contributed by atoms with Crippen molar-refractivity contribution in [2.75, 3.05) is 6.61 Å². The summed E-state index contributed by atoms with van der Waals surface area (Å²) in [6.45, 7) is 4.66. The molecule has 2 aromatic rings. The summed E-state index contributed by atoms with van der Waals surface area (Å²) in [7, 11) is 0. The third-order valence-electron chi connectivity index (χ3n) is 3.11. The third-order valence-corrected chi connectivity index (χ3v) is 3.11. The molecule has 0 spiro atoms. The van der Waals surface area contributed by atoms with E-state index in [1.807, 2.05) is 26.0 Å². The highest BCUT2D eigenvalue weighted by molar-refractivity contribution is 5.37. The van der Waals surface area contributed by atoms with Gasteiger partial charge in [0.25, 0.3) is 5.56 Å². The maximum atomic E-state index is 11.9. The Hall–Kier alpha value is -1.72. The third kappa shape index (κ3) is 3.39. The van der Waals surface area contributed by atoms with Crippen LogP contribution in [0.2, 0.25) is 0 Å². The molecule has 5 nitrogen and oxygen atoms in total. The van der Waals surface area contributed by atoms with Crippen LogP contribution in [0.4, 0.5) is 0 Å². The van der Waals surface area contributed by atoms with Gasteiger partial charge in [-0.3, -0.25) is 9.20 Å². The van der Waals surface area contributed by atoms with E-state index in [0.29, 0.717) is 24.3 Å². The molecule has 5 heteroatoms. The van der Waals surface area contributed by atoms with Crippen LogP contribution in [0.1, 0.15) is 26.0 Å². The molecule has 0 radical (unpaired) electrons. The Morgan fingerprint density at radius 1 is 1.42 bits per heavy atom. The van der Waals surface area contributed by atoms with Gasteiger partial charge >= 0.3 is 0 Å². The number of rotatable bonds is 5. The number of hydrogen-bond donors (Lipinski definition) is 2. The topological polar surface area (TPSA) is 66.6 Å². The van der Waals surface area contributed by atoms with Crippen LogP contribution in [0.3, 0.4) is 0 Å². The molecular formula is C14H19N3O2. The lowest BCUT2D eigenvalue weighted by Gasteiger charge is -2.25. The van der Waals surface area contributed by atoms with E-state index < -0.39 is 0 Å². The minimum atomic E-state index is -0.182. The zero-order valence-electron chi connectivity index (χ0n) is 11.3. The van der Waals surface area contributed by atoms with Gasteiger partial charge in [0.2, 0.25) is 0 Å². The Morgan fingerprint density at radius 2 is 2.21 bits per heavy atom. The molecule has 2 aromatic heterocycles. The van der Waals surface area contributed by atoms with Crippen LogP contribution in [0.5, 0.6) is 0 Å². The number of fused-ring (bicyclic) bond motifs is 1. The van der Waals surface area contributed by atoms with E-state index in [9.17, 15) is 4.79 Å². The van der Waals surface area contributed by atoms with Crippen molar-refractivity contribution in [3.05, 3.63) is 46.5 Å². The fourth-order valence-electron chi connectivity index (χ4n) is 1.89. The highest BCUT2D eigenvalue weighted by atomic mass is 16.3. The summed E-state index contributed by atoms with van der Waals surface area (Å²) in [5, 5.41) is 12.3. The van der Waals surface area contributed by atoms with Gasteiger partial charge in [0.1, 0.15) is 5.65 Å². The number of nitrogens with zero attached hydrogens (tertiary/aromatic N) is 2. The standard InChI is InChI=1S/C14H19N3O2/c1-14(2,6-8-18)15-10-11-9-13(19)17-7-4-3-5-12(17)16-11/h3-5,7,9,15,18H,6,8,10H2,1-2H3. The smallest absolute Gasteiger partial charge is 0.258 e. The lowest BCUT2D eigenvalue weighted by molar-refractivity contribution is 0.229. The van der Waals surface area contributed by atoms with Gasteiger partial charge in [0.05, 0.1) is 5.69 Å². The average molecular weight is 261 g/mol. The predicted octanol–water partition coefficient (Wildman–Crippen LogP) is 0.945. The van der Waals surface area contributed by atoms with Gasteiger partial charge in [-0.1, -0.05) is 6.07 Å². The summed E-state index contributed by atoms with van der Waals surface area (Å²) >= 11 is 0. The molecule has 0 saturated heterocycles. The summed E-state index contributed by atoms with van der Waals surface area (Å²) < 4.78 is 1.52. The number of aliphatic hydroxyl groups is 1. The second kappa shape index (κ2) is 5.50. The fourth-order valence-corrected chi connectivity index (χ4v) is 1.89. The Balaban J connectivity index is 2.20. The summed E-state index contributed by atoms with van der Waals surface area (Å²) in [4.78, 5) is 16.3. The van der Waals surface area contributed by atoms with Crippen molar-refractivity contribution in [3.63, 3.8) is 0 Å². The van der Waals surface area contributed by atoms with Gasteiger partial charge in [0, 0.05) is 31.0 Å². The lowest BCUT2D eigenvalue weighted by atomic mass is 10.0. The van der Waals surface area contributed by atoms with Crippen LogP contribution in [0.15, 0.2) is 35.3 Å². The first kappa shape index (κ1) is 13.7. The van der Waals surface area contributed by atoms with E-state index in [-0.39, 0.29) is 17.7 Å². The van der Waals surface area contributed by atoms with E-state index in [4.69, 9.17) is 5.11 Å². The van der Waals surface area contributed by atoms with E-state index in [1.54, 1.807) is 12.3 Å². The minimum Gasteiger partial charge on any atom is -0.396 e. The molecule has 0 saturated carbocycles. The van der Waals surface area contributed by atoms with Crippen LogP contribution >= 0.6 is 0 Å². The minimum absolute atomic E-state index is 0.0811. The fraction of sp³-hybridized carbons (Fsp3) is 0.429. The quantitative estimate of drug-likeness (QED) is 0.841. The van der Waals surface area contributed by atoms with Crippen molar-refractivity contribution >= 4 is 5.65 Å². The first-order valence-electron chi connectivity index (χ1n) is 6.35. The van der Waals surface area contributed by atoms with Gasteiger partial charge in [-0.25, -0.2) is 4.98 Å². The Kier molecular flexibility index (Phi) is 3.97. The molecule has 19 heavy (non-hydrogen) atoms. The van der Waals surface area contributed by atoms with Crippen LogP contribution in [0.25, 0.3) is 5.65 Å². The van der Waals surface area contributed by atoms with Crippen molar-refractivity contribution in [2.24, 2.45) is 0 Å². The molecule has 2 N–H and O–H groups in total. The second-order valence-electron chi connectivity index (χ2n) is 5.23. The van der Waals surface area contributed by atoms with E-state index in [0.717, 1.165) is 0 Å². The van der Waals surface area contributed by atoms with Crippen molar-refractivity contribution < 1.29 is 5.11 Å². The second-order valence-corrected chi connectivity index (χ2v) is 5.23.